The van der Waals surface area contributed by atoms with Gasteiger partial charge < -0.3 is 10.1 Å². The van der Waals surface area contributed by atoms with Gasteiger partial charge in [-0.2, -0.15) is 0 Å². The summed E-state index contributed by atoms with van der Waals surface area (Å²) in [7, 11) is 1.46. The number of ether oxygens (including phenoxy) is 1. The second-order valence-corrected chi connectivity index (χ2v) is 4.57. The minimum atomic E-state index is -2.85. The Morgan fingerprint density at radius 1 is 1.47 bits per heavy atom. The summed E-state index contributed by atoms with van der Waals surface area (Å²) in [6, 6.07) is 4.15. The lowest BCUT2D eigenvalue weighted by Crippen LogP contribution is -2.27. The van der Waals surface area contributed by atoms with E-state index in [1.54, 1.807) is 0 Å². The van der Waals surface area contributed by atoms with Crippen molar-refractivity contribution in [2.75, 3.05) is 20.2 Å². The van der Waals surface area contributed by atoms with Crippen molar-refractivity contribution in [1.82, 2.24) is 5.32 Å². The molecule has 0 saturated carbocycles. The van der Waals surface area contributed by atoms with E-state index in [1.165, 1.54) is 25.3 Å². The van der Waals surface area contributed by atoms with Crippen molar-refractivity contribution < 1.29 is 13.5 Å². The predicted molar refractivity (Wildman–Crippen MR) is 62.9 cm³/mol. The van der Waals surface area contributed by atoms with Gasteiger partial charge >= 0.3 is 0 Å². The molecule has 1 N–H and O–H groups in total. The zero-order valence-electron chi connectivity index (χ0n) is 9.47. The molecule has 0 aliphatic carbocycles. The number of benzene rings is 1. The second kappa shape index (κ2) is 4.78. The Labute approximate surface area is 104 Å². The average Bonchev–Trinajstić information content (AvgIpc) is 2.83. The van der Waals surface area contributed by atoms with Crippen LogP contribution >= 0.6 is 11.6 Å². The van der Waals surface area contributed by atoms with Gasteiger partial charge in [0.25, 0.3) is 5.92 Å². The highest BCUT2D eigenvalue weighted by Gasteiger charge is 2.42. The molecule has 0 aromatic heterocycles. The smallest absolute Gasteiger partial charge is 0.277 e. The van der Waals surface area contributed by atoms with Gasteiger partial charge in [-0.3, -0.25) is 0 Å². The first kappa shape index (κ1) is 12.6. The van der Waals surface area contributed by atoms with Crippen LogP contribution in [-0.2, 0) is 5.92 Å². The summed E-state index contributed by atoms with van der Waals surface area (Å²) in [5.41, 5.74) is -0.0444. The zero-order valence-corrected chi connectivity index (χ0v) is 10.2. The Balaban J connectivity index is 2.29. The van der Waals surface area contributed by atoms with E-state index in [0.29, 0.717) is 25.3 Å². The molecule has 5 heteroatoms. The Hall–Kier alpha value is -0.870. The lowest BCUT2D eigenvalue weighted by atomic mass is 9.94. The molecule has 94 valence electrons. The highest BCUT2D eigenvalue weighted by atomic mass is 35.5. The minimum Gasteiger partial charge on any atom is -0.495 e. The number of hydrogen-bond donors (Lipinski definition) is 1. The van der Waals surface area contributed by atoms with Gasteiger partial charge in [0.05, 0.1) is 12.1 Å². The van der Waals surface area contributed by atoms with Gasteiger partial charge in [0.15, 0.2) is 0 Å². The van der Waals surface area contributed by atoms with Crippen LogP contribution in [0.4, 0.5) is 8.78 Å². The molecule has 0 bridgehead atoms. The highest BCUT2D eigenvalue weighted by molar-refractivity contribution is 6.32. The molecule has 0 spiro atoms. The van der Waals surface area contributed by atoms with Crippen molar-refractivity contribution in [3.05, 3.63) is 28.8 Å². The van der Waals surface area contributed by atoms with Gasteiger partial charge in [-0.25, -0.2) is 8.78 Å². The Morgan fingerprint density at radius 3 is 2.76 bits per heavy atom. The van der Waals surface area contributed by atoms with Gasteiger partial charge in [-0.1, -0.05) is 11.6 Å². The number of methoxy groups -OCH3 is 1. The van der Waals surface area contributed by atoms with E-state index in [2.05, 4.69) is 5.32 Å². The van der Waals surface area contributed by atoms with Crippen molar-refractivity contribution in [1.29, 1.82) is 0 Å². The SMILES string of the molecule is COc1ccc(C(F)(F)C2CCNC2)cc1Cl. The fraction of sp³-hybridized carbons (Fsp3) is 0.500. The Kier molecular flexibility index (Phi) is 3.54. The van der Waals surface area contributed by atoms with Crippen LogP contribution in [0.3, 0.4) is 0 Å². The summed E-state index contributed by atoms with van der Waals surface area (Å²) in [5, 5.41) is 3.17. The summed E-state index contributed by atoms with van der Waals surface area (Å²) >= 11 is 5.87. The predicted octanol–water partition coefficient (Wildman–Crippen LogP) is 3.05. The monoisotopic (exact) mass is 261 g/mol. The lowest BCUT2D eigenvalue weighted by molar-refractivity contribution is -0.0575. The molecular formula is C12H14ClF2NO. The van der Waals surface area contributed by atoms with E-state index in [-0.39, 0.29) is 10.6 Å². The second-order valence-electron chi connectivity index (χ2n) is 4.16. The average molecular weight is 262 g/mol. The van der Waals surface area contributed by atoms with Gasteiger partial charge in [-0.05, 0) is 31.2 Å². The quantitative estimate of drug-likeness (QED) is 0.903. The van der Waals surface area contributed by atoms with E-state index in [1.807, 2.05) is 0 Å². The normalized spacial score (nSPS) is 20.6. The summed E-state index contributed by atoms with van der Waals surface area (Å²) in [6.45, 7) is 0.987. The number of rotatable bonds is 3. The maximum absolute atomic E-state index is 14.1. The molecule has 0 amide bonds. The van der Waals surface area contributed by atoms with Crippen molar-refractivity contribution in [3.63, 3.8) is 0 Å². The molecule has 2 nitrogen and oxygen atoms in total. The summed E-state index contributed by atoms with van der Waals surface area (Å²) < 4.78 is 33.2. The lowest BCUT2D eigenvalue weighted by Gasteiger charge is -2.23. The third-order valence-electron chi connectivity index (χ3n) is 3.11. The third kappa shape index (κ3) is 2.38. The fourth-order valence-corrected chi connectivity index (χ4v) is 2.33. The Bertz CT molecular complexity index is 405. The molecule has 1 aromatic rings. The van der Waals surface area contributed by atoms with E-state index in [0.717, 1.165) is 0 Å². The van der Waals surface area contributed by atoms with Gasteiger partial charge in [-0.15, -0.1) is 0 Å². The van der Waals surface area contributed by atoms with E-state index >= 15 is 0 Å². The molecular weight excluding hydrogens is 248 g/mol. The largest absolute Gasteiger partial charge is 0.495 e. The topological polar surface area (TPSA) is 21.3 Å². The van der Waals surface area contributed by atoms with Crippen LogP contribution in [0.2, 0.25) is 5.02 Å². The van der Waals surface area contributed by atoms with E-state index < -0.39 is 11.8 Å². The number of halogens is 3. The first-order chi connectivity index (χ1) is 8.05. The summed E-state index contributed by atoms with van der Waals surface area (Å²) in [6.07, 6.45) is 0.483. The summed E-state index contributed by atoms with van der Waals surface area (Å²) in [4.78, 5) is 0. The van der Waals surface area contributed by atoms with Crippen LogP contribution in [-0.4, -0.2) is 20.2 Å². The molecule has 1 fully saturated rings. The molecule has 2 rings (SSSR count). The van der Waals surface area contributed by atoms with Crippen LogP contribution in [0.5, 0.6) is 5.75 Å². The van der Waals surface area contributed by atoms with E-state index in [9.17, 15) is 8.78 Å². The van der Waals surface area contributed by atoms with Gasteiger partial charge in [0.2, 0.25) is 0 Å². The van der Waals surface area contributed by atoms with Crippen molar-refractivity contribution >= 4 is 11.6 Å². The molecule has 0 radical (unpaired) electrons. The molecule has 17 heavy (non-hydrogen) atoms. The zero-order chi connectivity index (χ0) is 12.5. The minimum absolute atomic E-state index is 0.0444. The van der Waals surface area contributed by atoms with Crippen LogP contribution in [0, 0.1) is 5.92 Å². The van der Waals surface area contributed by atoms with Gasteiger partial charge in [0, 0.05) is 18.0 Å². The Morgan fingerprint density at radius 2 is 2.24 bits per heavy atom. The molecule has 1 aliphatic heterocycles. The number of hydrogen-bond acceptors (Lipinski definition) is 2. The van der Waals surface area contributed by atoms with Gasteiger partial charge in [0.1, 0.15) is 5.75 Å². The van der Waals surface area contributed by atoms with Crippen molar-refractivity contribution in [2.24, 2.45) is 5.92 Å². The molecule has 1 atom stereocenters. The molecule has 1 unspecified atom stereocenters. The highest BCUT2D eigenvalue weighted by Crippen LogP contribution is 2.41. The number of nitrogens with one attached hydrogen (secondary N) is 1. The van der Waals surface area contributed by atoms with Crippen molar-refractivity contribution in [2.45, 2.75) is 12.3 Å². The maximum atomic E-state index is 14.1. The van der Waals surface area contributed by atoms with Crippen LogP contribution in [0.15, 0.2) is 18.2 Å². The first-order valence-electron chi connectivity index (χ1n) is 5.48. The van der Waals surface area contributed by atoms with Crippen LogP contribution in [0.1, 0.15) is 12.0 Å². The van der Waals surface area contributed by atoms with E-state index in [4.69, 9.17) is 16.3 Å². The van der Waals surface area contributed by atoms with Crippen LogP contribution < -0.4 is 10.1 Å². The number of alkyl halides is 2. The maximum Gasteiger partial charge on any atom is 0.277 e. The van der Waals surface area contributed by atoms with Crippen molar-refractivity contribution in [3.8, 4) is 5.75 Å². The third-order valence-corrected chi connectivity index (χ3v) is 3.41. The molecule has 1 aliphatic rings. The van der Waals surface area contributed by atoms with Crippen LogP contribution in [0.25, 0.3) is 0 Å². The first-order valence-corrected chi connectivity index (χ1v) is 5.86. The standard InChI is InChI=1S/C12H14ClF2NO/c1-17-11-3-2-8(6-10(11)13)12(14,15)9-4-5-16-7-9/h2-3,6,9,16H,4-5,7H2,1H3. The summed E-state index contributed by atoms with van der Waals surface area (Å²) in [5.74, 6) is -3.10. The molecule has 1 heterocycles. The fourth-order valence-electron chi connectivity index (χ4n) is 2.07. The molecule has 1 saturated heterocycles. The molecule has 1 aromatic carbocycles.